The molecule has 1 aromatic carbocycles. The Hall–Kier alpha value is -2.52. The molecular weight excluding hydrogens is 426 g/mol. The highest BCUT2D eigenvalue weighted by Crippen LogP contribution is 2.24. The van der Waals surface area contributed by atoms with Gasteiger partial charge in [-0.25, -0.2) is 4.79 Å². The highest BCUT2D eigenvalue weighted by atomic mass is 16.6. The maximum Gasteiger partial charge on any atom is 0.409 e. The number of benzene rings is 1. The number of amides is 2. The minimum Gasteiger partial charge on any atom is -0.497 e. The monoisotopic (exact) mass is 463 g/mol. The number of carbonyl (C=O) groups is 2. The zero-order chi connectivity index (χ0) is 23.6. The van der Waals surface area contributed by atoms with Crippen molar-refractivity contribution in [3.8, 4) is 11.5 Å². The van der Waals surface area contributed by atoms with Gasteiger partial charge in [0.15, 0.2) is 0 Å². The third-order valence-electron chi connectivity index (χ3n) is 6.26. The van der Waals surface area contributed by atoms with E-state index in [4.69, 9.17) is 18.9 Å². The summed E-state index contributed by atoms with van der Waals surface area (Å²) >= 11 is 0. The van der Waals surface area contributed by atoms with Crippen molar-refractivity contribution in [3.05, 3.63) is 23.8 Å². The number of rotatable bonds is 9. The number of methoxy groups -OCH3 is 2. The molecule has 9 heteroatoms. The molecule has 0 radical (unpaired) electrons. The molecular formula is C24H37N3O6. The van der Waals surface area contributed by atoms with Gasteiger partial charge in [0.05, 0.1) is 34.0 Å². The molecule has 0 bridgehead atoms. The molecule has 2 amide bonds. The van der Waals surface area contributed by atoms with Gasteiger partial charge in [0.1, 0.15) is 11.5 Å². The Labute approximate surface area is 196 Å². The summed E-state index contributed by atoms with van der Waals surface area (Å²) in [6.07, 6.45) is 1.75. The molecule has 2 aliphatic heterocycles. The van der Waals surface area contributed by atoms with E-state index in [1.807, 2.05) is 23.1 Å². The number of nitrogens with zero attached hydrogens (tertiary/aromatic N) is 3. The Bertz CT molecular complexity index is 751. The lowest BCUT2D eigenvalue weighted by Crippen LogP contribution is -2.53. The molecule has 33 heavy (non-hydrogen) atoms. The number of carbonyl (C=O) groups excluding carboxylic acids is 2. The van der Waals surface area contributed by atoms with E-state index in [-0.39, 0.29) is 12.0 Å². The first-order valence-electron chi connectivity index (χ1n) is 11.7. The Morgan fingerprint density at radius 3 is 2.09 bits per heavy atom. The quantitative estimate of drug-likeness (QED) is 0.556. The van der Waals surface area contributed by atoms with E-state index in [1.54, 1.807) is 26.0 Å². The number of ether oxygens (including phenoxy) is 4. The van der Waals surface area contributed by atoms with E-state index in [1.165, 1.54) is 0 Å². The van der Waals surface area contributed by atoms with Crippen LogP contribution in [0.1, 0.15) is 25.3 Å². The van der Waals surface area contributed by atoms with E-state index < -0.39 is 0 Å². The van der Waals surface area contributed by atoms with Crippen LogP contribution in [0.15, 0.2) is 18.2 Å². The topological polar surface area (TPSA) is 80.8 Å². The van der Waals surface area contributed by atoms with Gasteiger partial charge in [-0.1, -0.05) is 0 Å². The van der Waals surface area contributed by atoms with Gasteiger partial charge in [-0.15, -0.1) is 0 Å². The van der Waals surface area contributed by atoms with Crippen LogP contribution >= 0.6 is 0 Å². The van der Waals surface area contributed by atoms with Crippen LogP contribution in [0.3, 0.4) is 0 Å². The van der Waals surface area contributed by atoms with E-state index in [9.17, 15) is 9.59 Å². The Balaban J connectivity index is 1.33. The van der Waals surface area contributed by atoms with Gasteiger partial charge in [0.2, 0.25) is 5.91 Å². The van der Waals surface area contributed by atoms with E-state index >= 15 is 0 Å². The summed E-state index contributed by atoms with van der Waals surface area (Å²) in [6, 6.07) is 5.77. The summed E-state index contributed by atoms with van der Waals surface area (Å²) in [5.41, 5.74) is 1.03. The van der Waals surface area contributed by atoms with Gasteiger partial charge in [-0.3, -0.25) is 9.69 Å². The fraction of sp³-hybridized carbons (Fsp3) is 0.667. The van der Waals surface area contributed by atoms with Crippen molar-refractivity contribution in [1.29, 1.82) is 0 Å². The third-order valence-corrected chi connectivity index (χ3v) is 6.26. The molecule has 0 aliphatic carbocycles. The van der Waals surface area contributed by atoms with Crippen molar-refractivity contribution in [3.63, 3.8) is 0 Å². The summed E-state index contributed by atoms with van der Waals surface area (Å²) in [5, 5.41) is 0. The van der Waals surface area contributed by atoms with Gasteiger partial charge in [-0.2, -0.15) is 0 Å². The zero-order valence-corrected chi connectivity index (χ0v) is 20.1. The first kappa shape index (κ1) is 25.1. The van der Waals surface area contributed by atoms with Crippen molar-refractivity contribution < 1.29 is 28.5 Å². The van der Waals surface area contributed by atoms with Crippen LogP contribution in [0.2, 0.25) is 0 Å². The van der Waals surface area contributed by atoms with Crippen molar-refractivity contribution >= 4 is 12.0 Å². The molecule has 2 aliphatic rings. The van der Waals surface area contributed by atoms with Crippen molar-refractivity contribution in [2.45, 2.75) is 26.4 Å². The summed E-state index contributed by atoms with van der Waals surface area (Å²) in [6.45, 7) is 7.82. The molecule has 1 aromatic rings. The number of likely N-dealkylation sites (tertiary alicyclic amines) is 1. The average Bonchev–Trinajstić information content (AvgIpc) is 2.85. The molecule has 0 unspecified atom stereocenters. The maximum absolute atomic E-state index is 12.7. The Kier molecular flexibility index (Phi) is 9.62. The van der Waals surface area contributed by atoms with Crippen LogP contribution in [0, 0.1) is 5.92 Å². The molecule has 0 saturated carbocycles. The molecule has 184 valence electrons. The number of hydrogen-bond acceptors (Lipinski definition) is 7. The normalized spacial score (nSPS) is 17.7. The van der Waals surface area contributed by atoms with E-state index in [0.29, 0.717) is 58.5 Å². The molecule has 9 nitrogen and oxygen atoms in total. The van der Waals surface area contributed by atoms with Gasteiger partial charge in [-0.05, 0) is 56.5 Å². The maximum atomic E-state index is 12.7. The second-order valence-electron chi connectivity index (χ2n) is 8.52. The van der Waals surface area contributed by atoms with Crippen LogP contribution in [0.25, 0.3) is 0 Å². The smallest absolute Gasteiger partial charge is 0.409 e. The zero-order valence-electron chi connectivity index (χ0n) is 20.1. The average molecular weight is 464 g/mol. The van der Waals surface area contributed by atoms with Crippen LogP contribution in [0.4, 0.5) is 4.79 Å². The second kappa shape index (κ2) is 12.6. The highest BCUT2D eigenvalue weighted by Gasteiger charge is 2.27. The molecule has 0 atom stereocenters. The summed E-state index contributed by atoms with van der Waals surface area (Å²) in [4.78, 5) is 30.2. The lowest BCUT2D eigenvalue weighted by molar-refractivity contribution is -0.134. The fourth-order valence-electron chi connectivity index (χ4n) is 4.25. The Morgan fingerprint density at radius 2 is 1.52 bits per heavy atom. The first-order valence-corrected chi connectivity index (χ1v) is 11.7. The number of piperazine rings is 1. The van der Waals surface area contributed by atoms with Crippen LogP contribution < -0.4 is 9.47 Å². The lowest BCUT2D eigenvalue weighted by Gasteiger charge is -2.36. The minimum atomic E-state index is -0.292. The predicted octanol–water partition coefficient (Wildman–Crippen LogP) is 2.23. The SMILES string of the molecule is CCOC(=O)N1CCN(C(=O)CN2CCC(COCc3cc(OC)cc(OC)c3)CC2)CC1. The number of hydrogen-bond donors (Lipinski definition) is 0. The minimum absolute atomic E-state index is 0.139. The largest absolute Gasteiger partial charge is 0.497 e. The van der Waals surface area contributed by atoms with Crippen LogP contribution in [-0.2, 0) is 20.9 Å². The fourth-order valence-corrected chi connectivity index (χ4v) is 4.25. The predicted molar refractivity (Wildman–Crippen MR) is 124 cm³/mol. The lowest BCUT2D eigenvalue weighted by atomic mass is 9.98. The number of piperidine rings is 1. The molecule has 0 spiro atoms. The van der Waals surface area contributed by atoms with Gasteiger partial charge in [0.25, 0.3) is 0 Å². The third kappa shape index (κ3) is 7.50. The highest BCUT2D eigenvalue weighted by molar-refractivity contribution is 5.78. The second-order valence-corrected chi connectivity index (χ2v) is 8.52. The summed E-state index contributed by atoms with van der Waals surface area (Å²) in [7, 11) is 3.28. The van der Waals surface area contributed by atoms with Crippen LogP contribution in [-0.4, -0.2) is 99.9 Å². The summed E-state index contributed by atoms with van der Waals surface area (Å²) < 4.78 is 21.6. The summed E-state index contributed by atoms with van der Waals surface area (Å²) in [5.74, 6) is 2.15. The van der Waals surface area contributed by atoms with Gasteiger partial charge < -0.3 is 28.7 Å². The molecule has 2 fully saturated rings. The van der Waals surface area contributed by atoms with E-state index in [2.05, 4.69) is 4.90 Å². The van der Waals surface area contributed by atoms with Gasteiger partial charge >= 0.3 is 6.09 Å². The van der Waals surface area contributed by atoms with E-state index in [0.717, 1.165) is 43.0 Å². The van der Waals surface area contributed by atoms with Crippen molar-refractivity contribution in [2.24, 2.45) is 5.92 Å². The molecule has 2 heterocycles. The Morgan fingerprint density at radius 1 is 0.909 bits per heavy atom. The van der Waals surface area contributed by atoms with Crippen LogP contribution in [0.5, 0.6) is 11.5 Å². The standard InChI is InChI=1S/C24H37N3O6/c1-4-33-24(29)27-11-9-26(10-12-27)23(28)16-25-7-5-19(6-8-25)17-32-18-20-13-21(30-2)15-22(14-20)31-3/h13-15,19H,4-12,16-18H2,1-3H3. The molecule has 0 N–H and O–H groups in total. The molecule has 3 rings (SSSR count). The molecule has 2 saturated heterocycles. The molecule has 0 aromatic heterocycles. The first-order chi connectivity index (χ1) is 16.0. The van der Waals surface area contributed by atoms with Crippen molar-refractivity contribution in [2.75, 3.05) is 73.2 Å². The van der Waals surface area contributed by atoms with Gasteiger partial charge in [0, 0.05) is 38.9 Å². The van der Waals surface area contributed by atoms with Crippen molar-refractivity contribution in [1.82, 2.24) is 14.7 Å².